The van der Waals surface area contributed by atoms with Crippen LogP contribution >= 0.6 is 15.9 Å². The van der Waals surface area contributed by atoms with E-state index in [-0.39, 0.29) is 10.6 Å². The van der Waals surface area contributed by atoms with Crippen LogP contribution in [0.1, 0.15) is 37.7 Å². The molecule has 1 fully saturated rings. The molecule has 0 atom stereocenters. The van der Waals surface area contributed by atoms with Crippen LogP contribution in [0.5, 0.6) is 5.75 Å². The van der Waals surface area contributed by atoms with Crippen LogP contribution in [-0.2, 0) is 20.0 Å². The van der Waals surface area contributed by atoms with Gasteiger partial charge in [0.1, 0.15) is 4.90 Å². The van der Waals surface area contributed by atoms with Crippen molar-refractivity contribution < 1.29 is 23.1 Å². The molecule has 0 radical (unpaired) electrons. The van der Waals surface area contributed by atoms with Crippen LogP contribution in [0.4, 0.5) is 0 Å². The van der Waals surface area contributed by atoms with Gasteiger partial charge in [0.15, 0.2) is 15.6 Å². The summed E-state index contributed by atoms with van der Waals surface area (Å²) in [6, 6.07) is 3.13. The quantitative estimate of drug-likeness (QED) is 0.853. The Kier molecular flexibility index (Phi) is 4.87. The van der Waals surface area contributed by atoms with E-state index in [9.17, 15) is 18.3 Å². The van der Waals surface area contributed by atoms with E-state index in [1.165, 1.54) is 13.2 Å². The van der Waals surface area contributed by atoms with Crippen molar-refractivity contribution >= 4 is 31.7 Å². The summed E-state index contributed by atoms with van der Waals surface area (Å²) in [7, 11) is -2.14. The fourth-order valence-electron chi connectivity index (χ4n) is 3.10. The fraction of sp³-hybridized carbons (Fsp3) is 0.533. The Labute approximate surface area is 138 Å². The molecule has 0 unspecified atom stereocenters. The average Bonchev–Trinajstić information content (AvgIpc) is 2.46. The Morgan fingerprint density at radius 3 is 2.32 bits per heavy atom. The fourth-order valence-corrected chi connectivity index (χ4v) is 4.72. The number of carboxylic acid groups (broad SMARTS) is 1. The number of hydrogen-bond acceptors (Lipinski definition) is 4. The first kappa shape index (κ1) is 17.3. The van der Waals surface area contributed by atoms with Gasteiger partial charge in [-0.05, 0) is 46.5 Å². The smallest absolute Gasteiger partial charge is 0.314 e. The third-order valence-electron chi connectivity index (χ3n) is 4.28. The second-order valence-electron chi connectivity index (χ2n) is 5.71. The van der Waals surface area contributed by atoms with Gasteiger partial charge in [-0.15, -0.1) is 0 Å². The number of carboxylic acids is 1. The number of rotatable bonds is 4. The summed E-state index contributed by atoms with van der Waals surface area (Å²) in [6.07, 6.45) is 4.78. The molecule has 0 saturated heterocycles. The molecule has 5 nitrogen and oxygen atoms in total. The zero-order chi connectivity index (χ0) is 16.5. The molecule has 2 rings (SSSR count). The highest BCUT2D eigenvalue weighted by Gasteiger charge is 2.42. The third kappa shape index (κ3) is 3.01. The van der Waals surface area contributed by atoms with Crippen molar-refractivity contribution in [1.82, 2.24) is 0 Å². The van der Waals surface area contributed by atoms with Gasteiger partial charge in [-0.3, -0.25) is 4.79 Å². The first-order valence-electron chi connectivity index (χ1n) is 7.04. The number of carbonyl (C=O) groups is 1. The van der Waals surface area contributed by atoms with E-state index < -0.39 is 21.2 Å². The molecule has 0 aliphatic heterocycles. The minimum absolute atomic E-state index is 0.0190. The van der Waals surface area contributed by atoms with E-state index in [0.717, 1.165) is 25.5 Å². The van der Waals surface area contributed by atoms with Crippen LogP contribution in [0.25, 0.3) is 0 Å². The molecule has 0 heterocycles. The van der Waals surface area contributed by atoms with Gasteiger partial charge in [-0.1, -0.05) is 19.3 Å². The first-order chi connectivity index (χ1) is 10.2. The van der Waals surface area contributed by atoms with Crippen molar-refractivity contribution in [3.63, 3.8) is 0 Å². The molecule has 1 N–H and O–H groups in total. The van der Waals surface area contributed by atoms with Crippen LogP contribution in [0.2, 0.25) is 0 Å². The number of methoxy groups -OCH3 is 1. The topological polar surface area (TPSA) is 80.7 Å². The Bertz CT molecular complexity index is 690. The molecule has 22 heavy (non-hydrogen) atoms. The lowest BCUT2D eigenvalue weighted by atomic mass is 9.69. The summed E-state index contributed by atoms with van der Waals surface area (Å²) in [5.74, 6) is -0.689. The van der Waals surface area contributed by atoms with Gasteiger partial charge < -0.3 is 9.84 Å². The van der Waals surface area contributed by atoms with Gasteiger partial charge in [0.2, 0.25) is 0 Å². The van der Waals surface area contributed by atoms with Crippen LogP contribution in [0.15, 0.2) is 21.5 Å². The summed E-state index contributed by atoms with van der Waals surface area (Å²) in [5.41, 5.74) is -0.500. The third-order valence-corrected chi connectivity index (χ3v) is 5.97. The summed E-state index contributed by atoms with van der Waals surface area (Å²) in [4.78, 5) is 11.9. The molecule has 0 amide bonds. The maximum absolute atomic E-state index is 12.0. The van der Waals surface area contributed by atoms with Crippen molar-refractivity contribution in [2.75, 3.05) is 13.4 Å². The highest BCUT2D eigenvalue weighted by Crippen LogP contribution is 2.44. The molecule has 1 aliphatic carbocycles. The minimum Gasteiger partial charge on any atom is -0.494 e. The van der Waals surface area contributed by atoms with Gasteiger partial charge in [0.05, 0.1) is 17.0 Å². The van der Waals surface area contributed by atoms with Crippen molar-refractivity contribution in [3.8, 4) is 5.75 Å². The lowest BCUT2D eigenvalue weighted by molar-refractivity contribution is -0.145. The van der Waals surface area contributed by atoms with Crippen LogP contribution in [-0.4, -0.2) is 32.9 Å². The lowest BCUT2D eigenvalue weighted by Gasteiger charge is -2.34. The number of benzene rings is 1. The van der Waals surface area contributed by atoms with E-state index in [4.69, 9.17) is 4.74 Å². The van der Waals surface area contributed by atoms with Gasteiger partial charge in [0, 0.05) is 6.26 Å². The van der Waals surface area contributed by atoms with Crippen LogP contribution in [0, 0.1) is 0 Å². The van der Waals surface area contributed by atoms with E-state index >= 15 is 0 Å². The predicted octanol–water partition coefficient (Wildman–Crippen LogP) is 3.15. The second-order valence-corrected chi connectivity index (χ2v) is 8.55. The molecule has 7 heteroatoms. The van der Waals surface area contributed by atoms with E-state index in [0.29, 0.717) is 22.9 Å². The molecule has 1 aromatic carbocycles. The molecule has 0 aromatic heterocycles. The number of sulfone groups is 1. The standard InChI is InChI=1S/C15H19BrO5S/c1-21-13-11(16)8-10(9-12(13)22(2,19)20)15(14(17)18)6-4-3-5-7-15/h8-9H,3-7H2,1-2H3,(H,17,18). The minimum atomic E-state index is -3.53. The van der Waals surface area contributed by atoms with E-state index in [1.807, 2.05) is 0 Å². The number of aliphatic carboxylic acids is 1. The van der Waals surface area contributed by atoms with E-state index in [1.54, 1.807) is 6.07 Å². The van der Waals surface area contributed by atoms with Crippen molar-refractivity contribution in [1.29, 1.82) is 0 Å². The summed E-state index contributed by atoms with van der Waals surface area (Å²) < 4.78 is 29.7. The SMILES string of the molecule is COc1c(Br)cc(C2(C(=O)O)CCCCC2)cc1S(C)(=O)=O. The molecular weight excluding hydrogens is 372 g/mol. The Morgan fingerprint density at radius 1 is 1.27 bits per heavy atom. The van der Waals surface area contributed by atoms with Gasteiger partial charge in [-0.25, -0.2) is 8.42 Å². The number of halogens is 1. The van der Waals surface area contributed by atoms with Gasteiger partial charge in [0.25, 0.3) is 0 Å². The second kappa shape index (κ2) is 6.20. The van der Waals surface area contributed by atoms with E-state index in [2.05, 4.69) is 15.9 Å². The van der Waals surface area contributed by atoms with Crippen LogP contribution in [0.3, 0.4) is 0 Å². The Balaban J connectivity index is 2.70. The lowest BCUT2D eigenvalue weighted by Crippen LogP contribution is -2.38. The highest BCUT2D eigenvalue weighted by atomic mass is 79.9. The van der Waals surface area contributed by atoms with Gasteiger partial charge in [-0.2, -0.15) is 0 Å². The summed E-state index contributed by atoms with van der Waals surface area (Å²) in [6.45, 7) is 0. The monoisotopic (exact) mass is 390 g/mol. The number of ether oxygens (including phenoxy) is 1. The maximum Gasteiger partial charge on any atom is 0.314 e. The average molecular weight is 391 g/mol. The first-order valence-corrected chi connectivity index (χ1v) is 9.72. The number of hydrogen-bond donors (Lipinski definition) is 1. The summed E-state index contributed by atoms with van der Waals surface area (Å²) in [5, 5.41) is 9.76. The Hall–Kier alpha value is -1.08. The van der Waals surface area contributed by atoms with Crippen molar-refractivity contribution in [3.05, 3.63) is 22.2 Å². The predicted molar refractivity (Wildman–Crippen MR) is 86.2 cm³/mol. The largest absolute Gasteiger partial charge is 0.494 e. The van der Waals surface area contributed by atoms with Crippen molar-refractivity contribution in [2.24, 2.45) is 0 Å². The molecule has 1 aromatic rings. The van der Waals surface area contributed by atoms with Crippen LogP contribution < -0.4 is 4.74 Å². The molecule has 1 saturated carbocycles. The zero-order valence-electron chi connectivity index (χ0n) is 12.6. The zero-order valence-corrected chi connectivity index (χ0v) is 15.0. The molecular formula is C15H19BrO5S. The molecule has 0 spiro atoms. The normalized spacial score (nSPS) is 18.0. The Morgan fingerprint density at radius 2 is 1.86 bits per heavy atom. The molecule has 122 valence electrons. The van der Waals surface area contributed by atoms with Gasteiger partial charge >= 0.3 is 5.97 Å². The maximum atomic E-state index is 12.0. The highest BCUT2D eigenvalue weighted by molar-refractivity contribution is 9.10. The van der Waals surface area contributed by atoms with Crippen molar-refractivity contribution in [2.45, 2.75) is 42.4 Å². The molecule has 0 bridgehead atoms. The molecule has 1 aliphatic rings. The summed E-state index contributed by atoms with van der Waals surface area (Å²) >= 11 is 3.31.